The fourth-order valence-corrected chi connectivity index (χ4v) is 4.50. The molecule has 0 saturated carbocycles. The molecule has 1 saturated heterocycles. The Morgan fingerprint density at radius 3 is 2.59 bits per heavy atom. The van der Waals surface area contributed by atoms with Crippen molar-refractivity contribution in [3.05, 3.63) is 64.6 Å². The van der Waals surface area contributed by atoms with Gasteiger partial charge in [-0.25, -0.2) is 0 Å². The third-order valence-corrected chi connectivity index (χ3v) is 6.08. The number of piperazine rings is 1. The van der Waals surface area contributed by atoms with Crippen molar-refractivity contribution in [1.82, 2.24) is 4.90 Å². The number of nitrogens with zero attached hydrogens (tertiary/aromatic N) is 3. The van der Waals surface area contributed by atoms with Gasteiger partial charge in [-0.3, -0.25) is 4.79 Å². The minimum absolute atomic E-state index is 0.169. The summed E-state index contributed by atoms with van der Waals surface area (Å²) in [7, 11) is 0. The lowest BCUT2D eigenvalue weighted by molar-refractivity contribution is -0.113. The number of hydrogen-bond donors (Lipinski definition) is 0. The number of carbonyl (C=O) groups is 1. The van der Waals surface area contributed by atoms with E-state index in [1.54, 1.807) is 0 Å². The van der Waals surface area contributed by atoms with E-state index in [9.17, 15) is 4.79 Å². The van der Waals surface area contributed by atoms with E-state index in [0.717, 1.165) is 42.7 Å². The second-order valence-electron chi connectivity index (χ2n) is 7.09. The lowest BCUT2D eigenvalue weighted by atomic mass is 10.2. The van der Waals surface area contributed by atoms with Gasteiger partial charge >= 0.3 is 0 Å². The molecule has 1 amide bonds. The Morgan fingerprint density at radius 1 is 1.07 bits per heavy atom. The Balaban J connectivity index is 1.42. The first kappa shape index (κ1) is 19.6. The van der Waals surface area contributed by atoms with E-state index in [4.69, 9.17) is 4.74 Å². The lowest BCUT2D eigenvalue weighted by Gasteiger charge is -2.36. The molecule has 2 aromatic rings. The van der Waals surface area contributed by atoms with Gasteiger partial charge in [0.05, 0.1) is 11.5 Å². The predicted molar refractivity (Wildman–Crippen MR) is 121 cm³/mol. The molecule has 0 unspecified atom stereocenters. The van der Waals surface area contributed by atoms with Crippen LogP contribution in [0, 0.1) is 6.92 Å². The third-order valence-electron chi connectivity index (χ3n) is 5.03. The van der Waals surface area contributed by atoms with Gasteiger partial charge in [0.1, 0.15) is 5.75 Å². The maximum Gasteiger partial charge on any atom is 0.286 e. The Labute approximate surface area is 176 Å². The molecule has 4 rings (SSSR count). The van der Waals surface area contributed by atoms with E-state index in [1.807, 2.05) is 37.3 Å². The third kappa shape index (κ3) is 4.48. The molecular weight excluding hydrogens is 382 g/mol. The maximum atomic E-state index is 12.5. The van der Waals surface area contributed by atoms with Gasteiger partial charge < -0.3 is 14.5 Å². The summed E-state index contributed by atoms with van der Waals surface area (Å²) in [5.41, 5.74) is 3.44. The molecule has 0 radical (unpaired) electrons. The standard InChI is InChI=1S/C23H25N3O2S/c1-3-28-20-10-5-4-8-18(20)16-21-22(27)24-23(29-21)26-13-11-25(12-14-26)19-9-6-7-17(2)15-19/h4-10,15-16H,3,11-14H2,1-2H3/b21-16+. The van der Waals surface area contributed by atoms with Gasteiger partial charge in [-0.1, -0.05) is 30.3 Å². The van der Waals surface area contributed by atoms with Crippen molar-refractivity contribution in [2.75, 3.05) is 37.7 Å². The lowest BCUT2D eigenvalue weighted by Crippen LogP contribution is -2.47. The Bertz CT molecular complexity index is 962. The maximum absolute atomic E-state index is 12.5. The molecule has 1 fully saturated rings. The molecule has 0 bridgehead atoms. The molecule has 2 heterocycles. The number of anilines is 1. The summed E-state index contributed by atoms with van der Waals surface area (Å²) >= 11 is 1.46. The molecule has 0 atom stereocenters. The number of ether oxygens (including phenoxy) is 1. The monoisotopic (exact) mass is 407 g/mol. The summed E-state index contributed by atoms with van der Waals surface area (Å²) in [6.07, 6.45) is 1.89. The molecule has 5 nitrogen and oxygen atoms in total. The first-order valence-electron chi connectivity index (χ1n) is 9.95. The normalized spacial score (nSPS) is 18.3. The SMILES string of the molecule is CCOc1ccccc1/C=C1/SC(N2CCN(c3cccc(C)c3)CC2)=NC1=O. The van der Waals surface area contributed by atoms with Crippen molar-refractivity contribution >= 4 is 34.6 Å². The largest absolute Gasteiger partial charge is 0.493 e. The van der Waals surface area contributed by atoms with E-state index >= 15 is 0 Å². The van der Waals surface area contributed by atoms with Crippen molar-refractivity contribution < 1.29 is 9.53 Å². The van der Waals surface area contributed by atoms with E-state index in [-0.39, 0.29) is 5.91 Å². The molecule has 29 heavy (non-hydrogen) atoms. The quantitative estimate of drug-likeness (QED) is 0.712. The molecule has 0 aliphatic carbocycles. The number of aliphatic imine (C=N–C) groups is 1. The minimum Gasteiger partial charge on any atom is -0.493 e. The summed E-state index contributed by atoms with van der Waals surface area (Å²) < 4.78 is 5.67. The van der Waals surface area contributed by atoms with Crippen LogP contribution in [-0.4, -0.2) is 48.8 Å². The van der Waals surface area contributed by atoms with Crippen LogP contribution in [0.1, 0.15) is 18.1 Å². The Hall–Kier alpha value is -2.73. The number of amides is 1. The molecule has 2 aliphatic rings. The number of hydrogen-bond acceptors (Lipinski definition) is 5. The summed E-state index contributed by atoms with van der Waals surface area (Å²) in [6, 6.07) is 16.4. The zero-order valence-electron chi connectivity index (χ0n) is 16.8. The highest BCUT2D eigenvalue weighted by atomic mass is 32.2. The van der Waals surface area contributed by atoms with Crippen LogP contribution < -0.4 is 9.64 Å². The molecule has 2 aliphatic heterocycles. The van der Waals surface area contributed by atoms with Crippen LogP contribution in [0.5, 0.6) is 5.75 Å². The van der Waals surface area contributed by atoms with Crippen LogP contribution in [0.25, 0.3) is 6.08 Å². The van der Waals surface area contributed by atoms with Crippen LogP contribution >= 0.6 is 11.8 Å². The number of aryl methyl sites for hydroxylation is 1. The Kier molecular flexibility index (Phi) is 5.90. The minimum atomic E-state index is -0.169. The first-order valence-corrected chi connectivity index (χ1v) is 10.8. The van der Waals surface area contributed by atoms with E-state index in [2.05, 4.69) is 46.0 Å². The van der Waals surface area contributed by atoms with Gasteiger partial charge in [0.2, 0.25) is 0 Å². The van der Waals surface area contributed by atoms with Gasteiger partial charge in [-0.05, 0) is 55.4 Å². The van der Waals surface area contributed by atoms with Crippen LogP contribution in [0.3, 0.4) is 0 Å². The van der Waals surface area contributed by atoms with Gasteiger partial charge in [-0.15, -0.1) is 0 Å². The van der Waals surface area contributed by atoms with E-state index < -0.39 is 0 Å². The second kappa shape index (κ2) is 8.74. The van der Waals surface area contributed by atoms with Crippen molar-refractivity contribution in [2.24, 2.45) is 4.99 Å². The number of para-hydroxylation sites is 1. The van der Waals surface area contributed by atoms with Crippen LogP contribution in [0.2, 0.25) is 0 Å². The second-order valence-corrected chi connectivity index (χ2v) is 8.10. The van der Waals surface area contributed by atoms with Gasteiger partial charge in [-0.2, -0.15) is 4.99 Å². The van der Waals surface area contributed by atoms with E-state index in [1.165, 1.54) is 23.0 Å². The van der Waals surface area contributed by atoms with Crippen molar-refractivity contribution in [3.8, 4) is 5.75 Å². The zero-order chi connectivity index (χ0) is 20.2. The van der Waals surface area contributed by atoms with Crippen LogP contribution in [0.15, 0.2) is 58.4 Å². The smallest absolute Gasteiger partial charge is 0.286 e. The number of amidine groups is 1. The molecule has 0 spiro atoms. The van der Waals surface area contributed by atoms with Gasteiger partial charge in [0, 0.05) is 37.4 Å². The number of benzene rings is 2. The summed E-state index contributed by atoms with van der Waals surface area (Å²) in [6.45, 7) is 8.22. The number of carbonyl (C=O) groups excluding carboxylic acids is 1. The highest BCUT2D eigenvalue weighted by Gasteiger charge is 2.28. The zero-order valence-corrected chi connectivity index (χ0v) is 17.6. The molecule has 0 N–H and O–H groups in total. The summed E-state index contributed by atoms with van der Waals surface area (Å²) in [5, 5.41) is 0.805. The van der Waals surface area contributed by atoms with Crippen LogP contribution in [0.4, 0.5) is 5.69 Å². The van der Waals surface area contributed by atoms with E-state index in [0.29, 0.717) is 11.5 Å². The first-order chi connectivity index (χ1) is 14.1. The van der Waals surface area contributed by atoms with Crippen molar-refractivity contribution in [1.29, 1.82) is 0 Å². The molecular formula is C23H25N3O2S. The molecule has 2 aromatic carbocycles. The molecule has 150 valence electrons. The van der Waals surface area contributed by atoms with Crippen molar-refractivity contribution in [3.63, 3.8) is 0 Å². The predicted octanol–water partition coefficient (Wildman–Crippen LogP) is 4.19. The van der Waals surface area contributed by atoms with Crippen LogP contribution in [-0.2, 0) is 4.79 Å². The summed E-state index contributed by atoms with van der Waals surface area (Å²) in [5.74, 6) is 0.619. The van der Waals surface area contributed by atoms with Gasteiger partial charge in [0.15, 0.2) is 5.17 Å². The number of thioether (sulfide) groups is 1. The topological polar surface area (TPSA) is 45.1 Å². The number of rotatable bonds is 4. The fourth-order valence-electron chi connectivity index (χ4n) is 3.54. The van der Waals surface area contributed by atoms with Crippen molar-refractivity contribution in [2.45, 2.75) is 13.8 Å². The Morgan fingerprint density at radius 2 is 1.83 bits per heavy atom. The highest BCUT2D eigenvalue weighted by Crippen LogP contribution is 2.33. The molecule has 0 aromatic heterocycles. The summed E-state index contributed by atoms with van der Waals surface area (Å²) in [4.78, 5) is 22.0. The highest BCUT2D eigenvalue weighted by molar-refractivity contribution is 8.18. The average Bonchev–Trinajstić information content (AvgIpc) is 3.10. The fraction of sp³-hybridized carbons (Fsp3) is 0.304. The van der Waals surface area contributed by atoms with Gasteiger partial charge in [0.25, 0.3) is 5.91 Å². The average molecular weight is 408 g/mol. The molecule has 6 heteroatoms.